The second kappa shape index (κ2) is 10.6. The molecular weight excluding hydrogens is 390 g/mol. The molecule has 1 saturated heterocycles. The number of hydrogen-bond donors (Lipinski definition) is 3. The number of fused-ring (bicyclic) bond motifs is 1. The van der Waals surface area contributed by atoms with E-state index < -0.39 is 0 Å². The van der Waals surface area contributed by atoms with E-state index in [9.17, 15) is 9.90 Å². The average Bonchev–Trinajstić information content (AvgIpc) is 3.23. The zero-order chi connectivity index (χ0) is 20.6. The number of benzene rings is 1. The monoisotopic (exact) mass is 419 g/mol. The molecule has 0 aliphatic carbocycles. The lowest BCUT2D eigenvalue weighted by molar-refractivity contribution is 0.113. The lowest BCUT2D eigenvalue weighted by Gasteiger charge is -2.26. The van der Waals surface area contributed by atoms with Gasteiger partial charge in [-0.15, -0.1) is 0 Å². The number of thiocarbonyl (C=S) groups is 1. The highest BCUT2D eigenvalue weighted by molar-refractivity contribution is 7.80. The first-order chi connectivity index (χ1) is 14.1. The van der Waals surface area contributed by atoms with Crippen molar-refractivity contribution in [2.45, 2.75) is 38.8 Å². The number of hydrogen-bond acceptors (Lipinski definition) is 5. The van der Waals surface area contributed by atoms with Crippen LogP contribution in [-0.2, 0) is 11.3 Å². The molecule has 7 nitrogen and oxygen atoms in total. The van der Waals surface area contributed by atoms with E-state index in [-0.39, 0.29) is 18.3 Å². The summed E-state index contributed by atoms with van der Waals surface area (Å²) < 4.78 is 11.2. The topological polar surface area (TPSA) is 86.8 Å². The van der Waals surface area contributed by atoms with Gasteiger partial charge in [0.05, 0.1) is 19.3 Å². The van der Waals surface area contributed by atoms with Crippen molar-refractivity contribution in [1.29, 1.82) is 0 Å². The van der Waals surface area contributed by atoms with Crippen LogP contribution in [0.15, 0.2) is 29.1 Å². The van der Waals surface area contributed by atoms with Gasteiger partial charge in [-0.25, -0.2) is 0 Å². The molecular formula is C21H29N3O4S. The first-order valence-electron chi connectivity index (χ1n) is 10.1. The largest absolute Gasteiger partial charge is 0.494 e. The van der Waals surface area contributed by atoms with Crippen LogP contribution in [0.5, 0.6) is 5.75 Å². The quantitative estimate of drug-likeness (QED) is 0.537. The molecule has 29 heavy (non-hydrogen) atoms. The van der Waals surface area contributed by atoms with Crippen molar-refractivity contribution in [1.82, 2.24) is 15.2 Å². The van der Waals surface area contributed by atoms with Crippen LogP contribution in [0.3, 0.4) is 0 Å². The number of aliphatic hydroxyl groups is 1. The van der Waals surface area contributed by atoms with Gasteiger partial charge in [0.1, 0.15) is 5.75 Å². The molecule has 0 bridgehead atoms. The fourth-order valence-corrected chi connectivity index (χ4v) is 3.68. The summed E-state index contributed by atoms with van der Waals surface area (Å²) in [4.78, 5) is 17.5. The number of nitrogens with zero attached hydrogens (tertiary/aromatic N) is 1. The summed E-state index contributed by atoms with van der Waals surface area (Å²) in [6, 6.07) is 7.50. The van der Waals surface area contributed by atoms with Gasteiger partial charge in [-0.1, -0.05) is 0 Å². The van der Waals surface area contributed by atoms with Gasteiger partial charge in [0.15, 0.2) is 5.11 Å². The number of pyridine rings is 1. The number of aromatic nitrogens is 1. The van der Waals surface area contributed by atoms with Gasteiger partial charge in [-0.3, -0.25) is 4.79 Å². The molecule has 0 unspecified atom stereocenters. The van der Waals surface area contributed by atoms with E-state index in [1.807, 2.05) is 36.1 Å². The normalized spacial score (nSPS) is 16.1. The Balaban J connectivity index is 1.75. The van der Waals surface area contributed by atoms with E-state index in [0.29, 0.717) is 43.3 Å². The average molecular weight is 420 g/mol. The second-order valence-corrected chi connectivity index (χ2v) is 7.51. The summed E-state index contributed by atoms with van der Waals surface area (Å²) in [5.74, 6) is 0.767. The minimum atomic E-state index is -0.141. The third kappa shape index (κ3) is 5.91. The van der Waals surface area contributed by atoms with Crippen LogP contribution in [0.25, 0.3) is 10.9 Å². The summed E-state index contributed by atoms with van der Waals surface area (Å²) in [6.07, 6.45) is 2.85. The van der Waals surface area contributed by atoms with Crippen LogP contribution < -0.4 is 15.6 Å². The molecule has 1 aliphatic rings. The van der Waals surface area contributed by atoms with Gasteiger partial charge < -0.3 is 29.8 Å². The number of ether oxygens (including phenoxy) is 2. The van der Waals surface area contributed by atoms with Crippen molar-refractivity contribution in [2.24, 2.45) is 0 Å². The van der Waals surface area contributed by atoms with E-state index in [1.54, 1.807) is 0 Å². The summed E-state index contributed by atoms with van der Waals surface area (Å²) in [7, 11) is 0. The van der Waals surface area contributed by atoms with Gasteiger partial charge in [-0.05, 0) is 62.7 Å². The number of aliphatic hydroxyl groups excluding tert-OH is 1. The molecule has 0 spiro atoms. The summed E-state index contributed by atoms with van der Waals surface area (Å²) in [5.41, 5.74) is 1.24. The van der Waals surface area contributed by atoms with Gasteiger partial charge in [0.25, 0.3) is 5.56 Å². The summed E-state index contributed by atoms with van der Waals surface area (Å²) in [6.45, 7) is 4.96. The van der Waals surface area contributed by atoms with Gasteiger partial charge >= 0.3 is 0 Å². The molecule has 158 valence electrons. The fourth-order valence-electron chi connectivity index (χ4n) is 3.44. The Morgan fingerprint density at radius 1 is 1.45 bits per heavy atom. The molecule has 2 aromatic rings. The van der Waals surface area contributed by atoms with Crippen molar-refractivity contribution >= 4 is 28.2 Å². The van der Waals surface area contributed by atoms with Crippen LogP contribution in [-0.4, -0.2) is 59.1 Å². The van der Waals surface area contributed by atoms with E-state index in [1.165, 1.54) is 0 Å². The van der Waals surface area contributed by atoms with E-state index in [2.05, 4.69) is 10.3 Å². The van der Waals surface area contributed by atoms with E-state index in [4.69, 9.17) is 21.7 Å². The van der Waals surface area contributed by atoms with Crippen LogP contribution in [0, 0.1) is 0 Å². The van der Waals surface area contributed by atoms with Crippen LogP contribution in [0.4, 0.5) is 0 Å². The molecule has 0 radical (unpaired) electrons. The Morgan fingerprint density at radius 3 is 3.03 bits per heavy atom. The van der Waals surface area contributed by atoms with Gasteiger partial charge in [-0.2, -0.15) is 0 Å². The maximum absolute atomic E-state index is 12.6. The molecule has 3 rings (SSSR count). The van der Waals surface area contributed by atoms with E-state index in [0.717, 1.165) is 36.1 Å². The zero-order valence-electron chi connectivity index (χ0n) is 16.8. The maximum atomic E-state index is 12.6. The lowest BCUT2D eigenvalue weighted by Crippen LogP contribution is -2.43. The number of rotatable bonds is 9. The van der Waals surface area contributed by atoms with Gasteiger partial charge in [0.2, 0.25) is 0 Å². The molecule has 1 fully saturated rings. The zero-order valence-corrected chi connectivity index (χ0v) is 17.6. The van der Waals surface area contributed by atoms with Gasteiger partial charge in [0, 0.05) is 42.8 Å². The Kier molecular flexibility index (Phi) is 7.85. The molecule has 0 amide bonds. The fraction of sp³-hybridized carbons (Fsp3) is 0.524. The SMILES string of the molecule is CCOc1ccc2[nH]c(=O)c(CN(CCCO)C(=S)NC[C@H]3CCCO3)cc2c1. The molecule has 8 heteroatoms. The van der Waals surface area contributed by atoms with Crippen molar-refractivity contribution in [2.75, 3.05) is 32.9 Å². The smallest absolute Gasteiger partial charge is 0.253 e. The highest BCUT2D eigenvalue weighted by atomic mass is 32.1. The Labute approximate surface area is 176 Å². The first kappa shape index (κ1) is 21.5. The minimum absolute atomic E-state index is 0.0661. The third-order valence-corrected chi connectivity index (χ3v) is 5.35. The first-order valence-corrected chi connectivity index (χ1v) is 10.6. The predicted molar refractivity (Wildman–Crippen MR) is 117 cm³/mol. The summed E-state index contributed by atoms with van der Waals surface area (Å²) in [5, 5.41) is 14.0. The highest BCUT2D eigenvalue weighted by Crippen LogP contribution is 2.20. The molecule has 1 aromatic heterocycles. The van der Waals surface area contributed by atoms with Crippen molar-refractivity contribution in [3.63, 3.8) is 0 Å². The van der Waals surface area contributed by atoms with Crippen molar-refractivity contribution in [3.8, 4) is 5.75 Å². The number of aromatic amines is 1. The third-order valence-electron chi connectivity index (χ3n) is 4.94. The lowest BCUT2D eigenvalue weighted by atomic mass is 10.1. The molecule has 0 saturated carbocycles. The standard InChI is InChI=1S/C21H29N3O4S/c1-2-27-17-6-7-19-15(12-17)11-16(20(26)23-19)14-24(8-4-9-25)21(29)22-13-18-5-3-10-28-18/h6-7,11-12,18,25H,2-5,8-10,13-14H2,1H3,(H,22,29)(H,23,26)/t18-/m1/s1. The minimum Gasteiger partial charge on any atom is -0.494 e. The van der Waals surface area contributed by atoms with Crippen LogP contribution in [0.2, 0.25) is 0 Å². The predicted octanol–water partition coefficient (Wildman–Crippen LogP) is 2.16. The molecule has 1 atom stereocenters. The molecule has 2 heterocycles. The van der Waals surface area contributed by atoms with Crippen molar-refractivity contribution in [3.05, 3.63) is 40.2 Å². The van der Waals surface area contributed by atoms with E-state index >= 15 is 0 Å². The van der Waals surface area contributed by atoms with Crippen LogP contribution in [0.1, 0.15) is 31.7 Å². The second-order valence-electron chi connectivity index (χ2n) is 7.13. The molecule has 3 N–H and O–H groups in total. The Morgan fingerprint density at radius 2 is 2.31 bits per heavy atom. The van der Waals surface area contributed by atoms with Crippen LogP contribution >= 0.6 is 12.2 Å². The van der Waals surface area contributed by atoms with Crippen molar-refractivity contribution < 1.29 is 14.6 Å². The summed E-state index contributed by atoms with van der Waals surface area (Å²) >= 11 is 5.56. The molecule has 1 aliphatic heterocycles. The maximum Gasteiger partial charge on any atom is 0.253 e. The number of nitrogens with one attached hydrogen (secondary N) is 2. The Bertz CT molecular complexity index is 880. The molecule has 1 aromatic carbocycles. The highest BCUT2D eigenvalue weighted by Gasteiger charge is 2.18. The Hall–Kier alpha value is -2.16. The number of H-pyrrole nitrogens is 1.